The molecule has 0 aliphatic rings. The molecule has 1 N–H and O–H groups in total. The maximum atomic E-state index is 9.50. The van der Waals surface area contributed by atoms with E-state index in [0.29, 0.717) is 6.61 Å². The number of hydrogen-bond acceptors (Lipinski definition) is 3. The molecule has 0 amide bonds. The van der Waals surface area contributed by atoms with Crippen molar-refractivity contribution >= 4 is 0 Å². The van der Waals surface area contributed by atoms with Gasteiger partial charge in [-0.15, -0.1) is 0 Å². The summed E-state index contributed by atoms with van der Waals surface area (Å²) in [5, 5.41) is 9.50. The second-order valence-corrected chi connectivity index (χ2v) is 6.09. The van der Waals surface area contributed by atoms with Crippen LogP contribution in [0.2, 0.25) is 0 Å². The molecule has 0 saturated carbocycles. The van der Waals surface area contributed by atoms with E-state index in [0.717, 1.165) is 35.7 Å². The summed E-state index contributed by atoms with van der Waals surface area (Å²) in [6.45, 7) is 5.27. The summed E-state index contributed by atoms with van der Waals surface area (Å²) in [6, 6.07) is 15.6. The van der Waals surface area contributed by atoms with Gasteiger partial charge in [-0.25, -0.2) is 0 Å². The standard InChI is InChI=1S/C21H28O3/c1-3-4-5-6-15-23-20-11-7-18(8-12-20)16-24-21-13-9-19(10-14-21)17(2)22/h7-14,17,22H,3-6,15-16H2,1-2H3. The highest BCUT2D eigenvalue weighted by molar-refractivity contribution is 5.30. The SMILES string of the molecule is CCCCCCOc1ccc(COc2ccc(C(C)O)cc2)cc1. The Hall–Kier alpha value is -2.00. The van der Waals surface area contributed by atoms with Crippen molar-refractivity contribution in [2.45, 2.75) is 52.2 Å². The first-order valence-electron chi connectivity index (χ1n) is 8.81. The summed E-state index contributed by atoms with van der Waals surface area (Å²) in [6.07, 6.45) is 4.42. The van der Waals surface area contributed by atoms with Gasteiger partial charge in [-0.3, -0.25) is 0 Å². The van der Waals surface area contributed by atoms with Crippen LogP contribution in [0.1, 0.15) is 56.8 Å². The third kappa shape index (κ3) is 6.25. The van der Waals surface area contributed by atoms with E-state index >= 15 is 0 Å². The third-order valence-electron chi connectivity index (χ3n) is 3.96. The molecule has 2 aromatic carbocycles. The molecule has 0 aromatic heterocycles. The van der Waals surface area contributed by atoms with Gasteiger partial charge >= 0.3 is 0 Å². The van der Waals surface area contributed by atoms with Crippen molar-refractivity contribution in [1.82, 2.24) is 0 Å². The van der Waals surface area contributed by atoms with E-state index in [1.165, 1.54) is 19.3 Å². The molecule has 1 atom stereocenters. The van der Waals surface area contributed by atoms with E-state index in [-0.39, 0.29) is 0 Å². The number of aliphatic hydroxyl groups is 1. The Kier molecular flexibility index (Phi) is 7.63. The fourth-order valence-electron chi connectivity index (χ4n) is 2.41. The lowest BCUT2D eigenvalue weighted by Crippen LogP contribution is -1.99. The normalized spacial score (nSPS) is 12.0. The smallest absolute Gasteiger partial charge is 0.119 e. The van der Waals surface area contributed by atoms with Crippen LogP contribution in [0.3, 0.4) is 0 Å². The molecule has 3 nitrogen and oxygen atoms in total. The molecule has 130 valence electrons. The van der Waals surface area contributed by atoms with Gasteiger partial charge in [0, 0.05) is 0 Å². The number of unbranched alkanes of at least 4 members (excludes halogenated alkanes) is 3. The average molecular weight is 328 g/mol. The monoisotopic (exact) mass is 328 g/mol. The fraction of sp³-hybridized carbons (Fsp3) is 0.429. The van der Waals surface area contributed by atoms with Crippen LogP contribution in [-0.2, 0) is 6.61 Å². The average Bonchev–Trinajstić information content (AvgIpc) is 2.61. The Morgan fingerprint density at radius 2 is 1.46 bits per heavy atom. The molecule has 0 aliphatic heterocycles. The summed E-state index contributed by atoms with van der Waals surface area (Å²) in [4.78, 5) is 0. The first-order valence-corrected chi connectivity index (χ1v) is 8.81. The minimum absolute atomic E-state index is 0.450. The number of aliphatic hydroxyl groups excluding tert-OH is 1. The molecule has 0 saturated heterocycles. The van der Waals surface area contributed by atoms with E-state index in [1.54, 1.807) is 6.92 Å². The van der Waals surface area contributed by atoms with Gasteiger partial charge in [0.2, 0.25) is 0 Å². The molecule has 2 aromatic rings. The van der Waals surface area contributed by atoms with Crippen LogP contribution in [0.15, 0.2) is 48.5 Å². The van der Waals surface area contributed by atoms with Crippen molar-refractivity contribution in [1.29, 1.82) is 0 Å². The molecule has 24 heavy (non-hydrogen) atoms. The third-order valence-corrected chi connectivity index (χ3v) is 3.96. The molecule has 0 bridgehead atoms. The Labute approximate surface area is 145 Å². The lowest BCUT2D eigenvalue weighted by Gasteiger charge is -2.10. The van der Waals surface area contributed by atoms with Gasteiger partial charge in [-0.1, -0.05) is 50.5 Å². The van der Waals surface area contributed by atoms with Crippen LogP contribution >= 0.6 is 0 Å². The topological polar surface area (TPSA) is 38.7 Å². The van der Waals surface area contributed by atoms with Crippen molar-refractivity contribution in [3.63, 3.8) is 0 Å². The van der Waals surface area contributed by atoms with Gasteiger partial charge in [-0.2, -0.15) is 0 Å². The predicted octanol–water partition coefficient (Wildman–Crippen LogP) is 5.28. The van der Waals surface area contributed by atoms with E-state index in [4.69, 9.17) is 9.47 Å². The molecule has 0 spiro atoms. The van der Waals surface area contributed by atoms with Crippen molar-refractivity contribution < 1.29 is 14.6 Å². The summed E-state index contributed by atoms with van der Waals surface area (Å²) in [5.41, 5.74) is 2.00. The number of ether oxygens (including phenoxy) is 2. The summed E-state index contributed by atoms with van der Waals surface area (Å²) in [5.74, 6) is 1.71. The van der Waals surface area contributed by atoms with Crippen LogP contribution in [0, 0.1) is 0 Å². The van der Waals surface area contributed by atoms with Crippen molar-refractivity contribution in [2.24, 2.45) is 0 Å². The first-order chi connectivity index (χ1) is 11.7. The van der Waals surface area contributed by atoms with Crippen LogP contribution in [-0.4, -0.2) is 11.7 Å². The second kappa shape index (κ2) is 9.99. The molecule has 0 aliphatic carbocycles. The highest BCUT2D eigenvalue weighted by atomic mass is 16.5. The first kappa shape index (κ1) is 18.3. The zero-order valence-electron chi connectivity index (χ0n) is 14.7. The van der Waals surface area contributed by atoms with Gasteiger partial charge in [0.05, 0.1) is 12.7 Å². The van der Waals surface area contributed by atoms with Crippen LogP contribution in [0.4, 0.5) is 0 Å². The molecule has 0 radical (unpaired) electrons. The zero-order chi connectivity index (χ0) is 17.2. The van der Waals surface area contributed by atoms with Gasteiger partial charge in [-0.05, 0) is 48.7 Å². The minimum Gasteiger partial charge on any atom is -0.494 e. The van der Waals surface area contributed by atoms with E-state index in [1.807, 2.05) is 48.5 Å². The molecule has 0 heterocycles. The maximum absolute atomic E-state index is 9.50. The van der Waals surface area contributed by atoms with Gasteiger partial charge in [0.25, 0.3) is 0 Å². The zero-order valence-corrected chi connectivity index (χ0v) is 14.7. The molecular weight excluding hydrogens is 300 g/mol. The Balaban J connectivity index is 1.75. The predicted molar refractivity (Wildman–Crippen MR) is 97.5 cm³/mol. The Morgan fingerprint density at radius 3 is 2.08 bits per heavy atom. The maximum Gasteiger partial charge on any atom is 0.119 e. The number of hydrogen-bond donors (Lipinski definition) is 1. The number of rotatable bonds is 10. The molecule has 1 unspecified atom stereocenters. The van der Waals surface area contributed by atoms with Gasteiger partial charge in [0.1, 0.15) is 18.1 Å². The summed E-state index contributed by atoms with van der Waals surface area (Å²) >= 11 is 0. The molecule has 3 heteroatoms. The van der Waals surface area contributed by atoms with E-state index < -0.39 is 6.10 Å². The van der Waals surface area contributed by atoms with E-state index in [9.17, 15) is 5.11 Å². The van der Waals surface area contributed by atoms with E-state index in [2.05, 4.69) is 6.92 Å². The summed E-state index contributed by atoms with van der Waals surface area (Å²) in [7, 11) is 0. The highest BCUT2D eigenvalue weighted by Crippen LogP contribution is 2.19. The van der Waals surface area contributed by atoms with Crippen molar-refractivity contribution in [2.75, 3.05) is 6.61 Å². The van der Waals surface area contributed by atoms with Crippen LogP contribution in [0.25, 0.3) is 0 Å². The molecular formula is C21H28O3. The van der Waals surface area contributed by atoms with Crippen molar-refractivity contribution in [3.05, 3.63) is 59.7 Å². The quantitative estimate of drug-likeness (QED) is 0.603. The van der Waals surface area contributed by atoms with Crippen LogP contribution in [0.5, 0.6) is 11.5 Å². The number of benzene rings is 2. The van der Waals surface area contributed by atoms with Gasteiger partial charge in [0.15, 0.2) is 0 Å². The van der Waals surface area contributed by atoms with Crippen LogP contribution < -0.4 is 9.47 Å². The minimum atomic E-state index is -0.450. The van der Waals surface area contributed by atoms with Crippen molar-refractivity contribution in [3.8, 4) is 11.5 Å². The summed E-state index contributed by atoms with van der Waals surface area (Å²) < 4.78 is 11.5. The molecule has 2 rings (SSSR count). The lowest BCUT2D eigenvalue weighted by atomic mass is 10.1. The van der Waals surface area contributed by atoms with Gasteiger partial charge < -0.3 is 14.6 Å². The Bertz CT molecular complexity index is 573. The fourth-order valence-corrected chi connectivity index (χ4v) is 2.41. The lowest BCUT2D eigenvalue weighted by molar-refractivity contribution is 0.199. The Morgan fingerprint density at radius 1 is 0.833 bits per heavy atom. The largest absolute Gasteiger partial charge is 0.494 e. The molecule has 0 fully saturated rings. The highest BCUT2D eigenvalue weighted by Gasteiger charge is 2.02. The second-order valence-electron chi connectivity index (χ2n) is 6.09.